The van der Waals surface area contributed by atoms with Gasteiger partial charge in [-0.25, -0.2) is 4.98 Å². The number of aromatic nitrogens is 1. The smallest absolute Gasteiger partial charge is 0.0797 e. The van der Waals surface area contributed by atoms with Crippen LogP contribution >= 0.6 is 11.3 Å². The van der Waals surface area contributed by atoms with Gasteiger partial charge in [0.05, 0.1) is 11.2 Å². The first-order chi connectivity index (χ1) is 9.53. The lowest BCUT2D eigenvalue weighted by atomic mass is 9.76. The van der Waals surface area contributed by atoms with Crippen molar-refractivity contribution >= 4 is 11.3 Å². The number of unbranched alkanes of at least 4 members (excludes halogenated alkanes) is 1. The number of hydrogen-bond acceptors (Lipinski definition) is 3. The number of aryl methyl sites for hydroxylation is 2. The van der Waals surface area contributed by atoms with Crippen molar-refractivity contribution in [1.29, 1.82) is 0 Å². The van der Waals surface area contributed by atoms with Crippen LogP contribution in [0.4, 0.5) is 0 Å². The minimum Gasteiger partial charge on any atom is -0.314 e. The molecule has 1 heterocycles. The molecule has 0 aliphatic rings. The molecule has 3 heteroatoms. The summed E-state index contributed by atoms with van der Waals surface area (Å²) in [7, 11) is 0. The molecule has 0 saturated heterocycles. The fraction of sp³-hybridized carbons (Fsp3) is 0.824. The molecular formula is C17H32N2S. The van der Waals surface area contributed by atoms with Crippen LogP contribution in [0.1, 0.15) is 70.4 Å². The third-order valence-corrected chi connectivity index (χ3v) is 5.42. The molecule has 1 aromatic rings. The monoisotopic (exact) mass is 296 g/mol. The fourth-order valence-electron chi connectivity index (χ4n) is 2.70. The molecule has 1 unspecified atom stereocenters. The van der Waals surface area contributed by atoms with Crippen LogP contribution in [0.15, 0.2) is 5.51 Å². The highest BCUT2D eigenvalue weighted by molar-refractivity contribution is 7.09. The Bertz CT molecular complexity index is 373. The van der Waals surface area contributed by atoms with E-state index in [-0.39, 0.29) is 0 Å². The maximum atomic E-state index is 4.38. The average Bonchev–Trinajstić information content (AvgIpc) is 2.84. The van der Waals surface area contributed by atoms with Gasteiger partial charge >= 0.3 is 0 Å². The summed E-state index contributed by atoms with van der Waals surface area (Å²) in [5, 5.41) is 3.68. The Morgan fingerprint density at radius 2 is 2.05 bits per heavy atom. The largest absolute Gasteiger partial charge is 0.314 e. The third-order valence-electron chi connectivity index (χ3n) is 4.42. The molecule has 0 spiro atoms. The van der Waals surface area contributed by atoms with Gasteiger partial charge in [0, 0.05) is 17.5 Å². The van der Waals surface area contributed by atoms with Crippen LogP contribution in [-0.2, 0) is 6.42 Å². The maximum absolute atomic E-state index is 4.38. The van der Waals surface area contributed by atoms with Gasteiger partial charge in [-0.15, -0.1) is 11.3 Å². The Morgan fingerprint density at radius 3 is 2.55 bits per heavy atom. The molecule has 0 bridgehead atoms. The van der Waals surface area contributed by atoms with E-state index in [1.165, 1.54) is 49.1 Å². The molecule has 0 saturated carbocycles. The summed E-state index contributed by atoms with van der Waals surface area (Å²) in [6.07, 6.45) is 7.72. The van der Waals surface area contributed by atoms with Crippen molar-refractivity contribution in [2.75, 3.05) is 6.54 Å². The number of nitrogens with one attached hydrogen (secondary N) is 1. The summed E-state index contributed by atoms with van der Waals surface area (Å²) >= 11 is 1.82. The first-order valence-electron chi connectivity index (χ1n) is 8.15. The van der Waals surface area contributed by atoms with E-state index >= 15 is 0 Å². The molecule has 1 atom stereocenters. The van der Waals surface area contributed by atoms with Crippen molar-refractivity contribution in [2.45, 2.75) is 79.2 Å². The molecule has 0 aliphatic heterocycles. The second-order valence-corrected chi connectivity index (χ2v) is 7.29. The van der Waals surface area contributed by atoms with E-state index in [1.54, 1.807) is 0 Å². The first-order valence-corrected chi connectivity index (χ1v) is 9.03. The lowest BCUT2D eigenvalue weighted by Gasteiger charge is -2.34. The fourth-order valence-corrected chi connectivity index (χ4v) is 3.48. The van der Waals surface area contributed by atoms with Crippen molar-refractivity contribution < 1.29 is 0 Å². The summed E-state index contributed by atoms with van der Waals surface area (Å²) in [5.74, 6) is 0. The average molecular weight is 297 g/mol. The Kier molecular flexibility index (Phi) is 7.75. The van der Waals surface area contributed by atoms with Crippen molar-refractivity contribution in [2.24, 2.45) is 5.41 Å². The van der Waals surface area contributed by atoms with Gasteiger partial charge in [-0.05, 0) is 38.0 Å². The van der Waals surface area contributed by atoms with Gasteiger partial charge in [-0.1, -0.05) is 40.5 Å². The van der Waals surface area contributed by atoms with Gasteiger partial charge in [0.1, 0.15) is 0 Å². The number of rotatable bonds is 10. The zero-order chi connectivity index (χ0) is 15.0. The van der Waals surface area contributed by atoms with Crippen molar-refractivity contribution in [1.82, 2.24) is 10.3 Å². The quantitative estimate of drug-likeness (QED) is 0.659. The highest BCUT2D eigenvalue weighted by Gasteiger charge is 2.27. The van der Waals surface area contributed by atoms with Gasteiger partial charge in [0.25, 0.3) is 0 Å². The van der Waals surface area contributed by atoms with Crippen LogP contribution in [0, 0.1) is 12.3 Å². The Hall–Kier alpha value is -0.410. The van der Waals surface area contributed by atoms with E-state index in [4.69, 9.17) is 0 Å². The van der Waals surface area contributed by atoms with Crippen LogP contribution < -0.4 is 5.32 Å². The van der Waals surface area contributed by atoms with E-state index in [2.05, 4.69) is 44.9 Å². The molecule has 0 fully saturated rings. The zero-order valence-electron chi connectivity index (χ0n) is 14.0. The van der Waals surface area contributed by atoms with Gasteiger partial charge < -0.3 is 5.32 Å². The molecular weight excluding hydrogens is 264 g/mol. The van der Waals surface area contributed by atoms with Crippen LogP contribution in [-0.4, -0.2) is 17.6 Å². The van der Waals surface area contributed by atoms with E-state index in [1.807, 2.05) is 16.8 Å². The molecule has 1 aromatic heterocycles. The summed E-state index contributed by atoms with van der Waals surface area (Å²) in [6, 6.07) is 0.577. The SMILES string of the molecule is CCCCC(CC)(CCc1scnc1C)CNC(C)C. The first kappa shape index (κ1) is 17.6. The molecule has 1 N–H and O–H groups in total. The van der Waals surface area contributed by atoms with Crippen molar-refractivity contribution in [3.8, 4) is 0 Å². The molecule has 0 aliphatic carbocycles. The summed E-state index contributed by atoms with van der Waals surface area (Å²) in [4.78, 5) is 5.86. The zero-order valence-corrected chi connectivity index (χ0v) is 14.8. The molecule has 116 valence electrons. The van der Waals surface area contributed by atoms with E-state index in [0.717, 1.165) is 6.54 Å². The second-order valence-electron chi connectivity index (χ2n) is 6.35. The van der Waals surface area contributed by atoms with Crippen LogP contribution in [0.2, 0.25) is 0 Å². The van der Waals surface area contributed by atoms with E-state index in [0.29, 0.717) is 11.5 Å². The normalized spacial score (nSPS) is 14.7. The second kappa shape index (κ2) is 8.78. The predicted octanol–water partition coefficient (Wildman–Crippen LogP) is 4.97. The maximum Gasteiger partial charge on any atom is 0.0797 e. The lowest BCUT2D eigenvalue weighted by Crippen LogP contribution is -2.37. The summed E-state index contributed by atoms with van der Waals surface area (Å²) < 4.78 is 0. The van der Waals surface area contributed by atoms with Gasteiger partial charge in [-0.3, -0.25) is 0 Å². The molecule has 20 heavy (non-hydrogen) atoms. The third kappa shape index (κ3) is 5.53. The minimum absolute atomic E-state index is 0.455. The van der Waals surface area contributed by atoms with E-state index in [9.17, 15) is 0 Å². The Balaban J connectivity index is 2.66. The topological polar surface area (TPSA) is 24.9 Å². The number of thiazole rings is 1. The van der Waals surface area contributed by atoms with Crippen LogP contribution in [0.5, 0.6) is 0 Å². The standard InChI is InChI=1S/C17H32N2S/c1-6-8-10-17(7-2,12-18-14(3)4)11-9-16-15(5)19-13-20-16/h13-14,18H,6-12H2,1-5H3. The lowest BCUT2D eigenvalue weighted by molar-refractivity contribution is 0.207. The summed E-state index contributed by atoms with van der Waals surface area (Å²) in [6.45, 7) is 12.4. The van der Waals surface area contributed by atoms with E-state index < -0.39 is 0 Å². The van der Waals surface area contributed by atoms with Gasteiger partial charge in [-0.2, -0.15) is 0 Å². The molecule has 0 amide bonds. The summed E-state index contributed by atoms with van der Waals surface area (Å²) in [5.41, 5.74) is 3.67. The molecule has 0 radical (unpaired) electrons. The minimum atomic E-state index is 0.455. The molecule has 0 aromatic carbocycles. The highest BCUT2D eigenvalue weighted by atomic mass is 32.1. The van der Waals surface area contributed by atoms with Crippen LogP contribution in [0.3, 0.4) is 0 Å². The Labute approximate surface area is 129 Å². The Morgan fingerprint density at radius 1 is 1.30 bits per heavy atom. The van der Waals surface area contributed by atoms with Crippen molar-refractivity contribution in [3.05, 3.63) is 16.1 Å². The number of hydrogen-bond donors (Lipinski definition) is 1. The van der Waals surface area contributed by atoms with Gasteiger partial charge in [0.15, 0.2) is 0 Å². The van der Waals surface area contributed by atoms with Crippen LogP contribution in [0.25, 0.3) is 0 Å². The molecule has 2 nitrogen and oxygen atoms in total. The number of nitrogens with zero attached hydrogens (tertiary/aromatic N) is 1. The van der Waals surface area contributed by atoms with Gasteiger partial charge in [0.2, 0.25) is 0 Å². The predicted molar refractivity (Wildman–Crippen MR) is 90.6 cm³/mol. The highest BCUT2D eigenvalue weighted by Crippen LogP contribution is 2.34. The van der Waals surface area contributed by atoms with Crippen molar-refractivity contribution in [3.63, 3.8) is 0 Å². The molecule has 1 rings (SSSR count).